The van der Waals surface area contributed by atoms with Crippen LogP contribution in [0, 0.1) is 0 Å². The van der Waals surface area contributed by atoms with Gasteiger partial charge in [0, 0.05) is 11.9 Å². The van der Waals surface area contributed by atoms with Gasteiger partial charge in [0.1, 0.15) is 5.56 Å². The molecule has 6 heteroatoms. The summed E-state index contributed by atoms with van der Waals surface area (Å²) in [4.78, 5) is 28.5. The fourth-order valence-electron chi connectivity index (χ4n) is 2.14. The number of pyridine rings is 1. The van der Waals surface area contributed by atoms with E-state index in [1.54, 1.807) is 19.1 Å². The standard InChI is InChI=1S/C19H22N2O4/c1-4-14-8-10-15(11-9-14)21-17(22)13(3)25-19(23)16-7-6-12-20-18(16)24-5-2/h6-13H,4-5H2,1-3H3,(H,21,22)/t13-/m1/s1. The Morgan fingerprint density at radius 1 is 1.16 bits per heavy atom. The van der Waals surface area contributed by atoms with E-state index >= 15 is 0 Å². The average Bonchev–Trinajstić information content (AvgIpc) is 2.63. The van der Waals surface area contributed by atoms with Gasteiger partial charge in [-0.05, 0) is 50.1 Å². The van der Waals surface area contributed by atoms with Crippen LogP contribution in [-0.2, 0) is 16.0 Å². The Kier molecular flexibility index (Phi) is 6.51. The van der Waals surface area contributed by atoms with Gasteiger partial charge in [0.2, 0.25) is 5.88 Å². The number of carbonyl (C=O) groups excluding carboxylic acids is 2. The van der Waals surface area contributed by atoms with Crippen LogP contribution < -0.4 is 10.1 Å². The lowest BCUT2D eigenvalue weighted by Gasteiger charge is -2.14. The quantitative estimate of drug-likeness (QED) is 0.782. The molecular formula is C19H22N2O4. The zero-order chi connectivity index (χ0) is 18.2. The summed E-state index contributed by atoms with van der Waals surface area (Å²) >= 11 is 0. The minimum absolute atomic E-state index is 0.191. The van der Waals surface area contributed by atoms with Crippen molar-refractivity contribution in [2.45, 2.75) is 33.3 Å². The molecule has 6 nitrogen and oxygen atoms in total. The molecule has 0 radical (unpaired) electrons. The molecule has 1 aromatic carbocycles. The van der Waals surface area contributed by atoms with Gasteiger partial charge in [0.05, 0.1) is 6.61 Å². The predicted octanol–water partition coefficient (Wildman–Crippen LogP) is 3.23. The van der Waals surface area contributed by atoms with E-state index in [1.807, 2.05) is 24.3 Å². The number of esters is 1. The van der Waals surface area contributed by atoms with Crippen LogP contribution in [0.25, 0.3) is 0 Å². The van der Waals surface area contributed by atoms with Crippen LogP contribution in [0.15, 0.2) is 42.6 Å². The molecule has 0 fully saturated rings. The number of carbonyl (C=O) groups is 2. The summed E-state index contributed by atoms with van der Waals surface area (Å²) in [5.74, 6) is -0.863. The van der Waals surface area contributed by atoms with Gasteiger partial charge in [-0.1, -0.05) is 19.1 Å². The van der Waals surface area contributed by atoms with Crippen molar-refractivity contribution < 1.29 is 19.1 Å². The van der Waals surface area contributed by atoms with E-state index in [9.17, 15) is 9.59 Å². The predicted molar refractivity (Wildman–Crippen MR) is 94.7 cm³/mol. The van der Waals surface area contributed by atoms with Crippen molar-refractivity contribution >= 4 is 17.6 Å². The third-order valence-electron chi connectivity index (χ3n) is 3.55. The number of nitrogens with zero attached hydrogens (tertiary/aromatic N) is 1. The molecule has 1 heterocycles. The molecule has 132 valence electrons. The minimum Gasteiger partial charge on any atom is -0.477 e. The number of anilines is 1. The van der Waals surface area contributed by atoms with Crippen LogP contribution in [0.4, 0.5) is 5.69 Å². The third-order valence-corrected chi connectivity index (χ3v) is 3.55. The van der Waals surface area contributed by atoms with Crippen LogP contribution in [0.5, 0.6) is 5.88 Å². The van der Waals surface area contributed by atoms with Crippen LogP contribution in [0.2, 0.25) is 0 Å². The molecule has 0 bridgehead atoms. The van der Waals surface area contributed by atoms with Gasteiger partial charge < -0.3 is 14.8 Å². The molecule has 2 rings (SSSR count). The van der Waals surface area contributed by atoms with Crippen LogP contribution in [0.1, 0.15) is 36.7 Å². The first-order valence-corrected chi connectivity index (χ1v) is 8.23. The van der Waals surface area contributed by atoms with Crippen molar-refractivity contribution in [1.29, 1.82) is 0 Å². The number of hydrogen-bond acceptors (Lipinski definition) is 5. The maximum Gasteiger partial charge on any atom is 0.344 e. The highest BCUT2D eigenvalue weighted by molar-refractivity contribution is 5.98. The van der Waals surface area contributed by atoms with Crippen LogP contribution >= 0.6 is 0 Å². The van der Waals surface area contributed by atoms with E-state index in [0.717, 1.165) is 6.42 Å². The Balaban J connectivity index is 1.99. The van der Waals surface area contributed by atoms with Crippen molar-refractivity contribution in [3.05, 3.63) is 53.7 Å². The SMILES string of the molecule is CCOc1ncccc1C(=O)O[C@H](C)C(=O)Nc1ccc(CC)cc1. The van der Waals surface area contributed by atoms with E-state index < -0.39 is 18.0 Å². The lowest BCUT2D eigenvalue weighted by Crippen LogP contribution is -2.30. The Morgan fingerprint density at radius 2 is 1.88 bits per heavy atom. The molecule has 0 spiro atoms. The summed E-state index contributed by atoms with van der Waals surface area (Å²) in [6, 6.07) is 10.7. The van der Waals surface area contributed by atoms with Gasteiger partial charge >= 0.3 is 5.97 Å². The van der Waals surface area contributed by atoms with E-state index in [0.29, 0.717) is 12.3 Å². The highest BCUT2D eigenvalue weighted by Gasteiger charge is 2.22. The Labute approximate surface area is 147 Å². The number of nitrogens with one attached hydrogen (secondary N) is 1. The van der Waals surface area contributed by atoms with Crippen LogP contribution in [-0.4, -0.2) is 29.6 Å². The van der Waals surface area contributed by atoms with E-state index in [2.05, 4.69) is 17.2 Å². The normalized spacial score (nSPS) is 11.5. The Bertz CT molecular complexity index is 728. The van der Waals surface area contributed by atoms with Gasteiger partial charge in [-0.2, -0.15) is 0 Å². The maximum absolute atomic E-state index is 12.3. The molecule has 1 N–H and O–H groups in total. The first-order chi connectivity index (χ1) is 12.0. The summed E-state index contributed by atoms with van der Waals surface area (Å²) in [5.41, 5.74) is 2.02. The van der Waals surface area contributed by atoms with E-state index in [1.165, 1.54) is 18.7 Å². The molecule has 1 aromatic heterocycles. The summed E-state index contributed by atoms with van der Waals surface area (Å²) in [6.07, 6.45) is 1.50. The maximum atomic E-state index is 12.3. The van der Waals surface area contributed by atoms with Gasteiger partial charge in [0.15, 0.2) is 6.10 Å². The second kappa shape index (κ2) is 8.82. The van der Waals surface area contributed by atoms with Gasteiger partial charge in [-0.25, -0.2) is 9.78 Å². The number of hydrogen-bond donors (Lipinski definition) is 1. The molecule has 0 aliphatic heterocycles. The molecular weight excluding hydrogens is 320 g/mol. The third kappa shape index (κ3) is 5.04. The average molecular weight is 342 g/mol. The number of rotatable bonds is 7. The van der Waals surface area contributed by atoms with Crippen molar-refractivity contribution in [1.82, 2.24) is 4.98 Å². The molecule has 0 aliphatic rings. The summed E-state index contributed by atoms with van der Waals surface area (Å²) in [5, 5.41) is 2.73. The second-order valence-corrected chi connectivity index (χ2v) is 5.38. The van der Waals surface area contributed by atoms with E-state index in [-0.39, 0.29) is 11.4 Å². The Morgan fingerprint density at radius 3 is 2.52 bits per heavy atom. The number of aryl methyl sites for hydroxylation is 1. The smallest absolute Gasteiger partial charge is 0.344 e. The summed E-state index contributed by atoms with van der Waals surface area (Å²) in [6.45, 7) is 5.75. The molecule has 1 atom stereocenters. The van der Waals surface area contributed by atoms with Crippen molar-refractivity contribution in [2.75, 3.05) is 11.9 Å². The fourth-order valence-corrected chi connectivity index (χ4v) is 2.14. The number of benzene rings is 1. The molecule has 25 heavy (non-hydrogen) atoms. The number of ether oxygens (including phenoxy) is 2. The first-order valence-electron chi connectivity index (χ1n) is 8.23. The topological polar surface area (TPSA) is 77.5 Å². The summed E-state index contributed by atoms with van der Waals surface area (Å²) < 4.78 is 10.5. The zero-order valence-corrected chi connectivity index (χ0v) is 14.6. The molecule has 2 aromatic rings. The van der Waals surface area contributed by atoms with Gasteiger partial charge in [0.25, 0.3) is 5.91 Å². The van der Waals surface area contributed by atoms with Gasteiger partial charge in [-0.15, -0.1) is 0 Å². The molecule has 0 saturated heterocycles. The molecule has 1 amide bonds. The second-order valence-electron chi connectivity index (χ2n) is 5.38. The number of amides is 1. The van der Waals surface area contributed by atoms with Gasteiger partial charge in [-0.3, -0.25) is 4.79 Å². The minimum atomic E-state index is -0.951. The van der Waals surface area contributed by atoms with Crippen molar-refractivity contribution in [3.63, 3.8) is 0 Å². The highest BCUT2D eigenvalue weighted by Crippen LogP contribution is 2.17. The fraction of sp³-hybridized carbons (Fsp3) is 0.316. The number of aromatic nitrogens is 1. The molecule has 0 unspecified atom stereocenters. The lowest BCUT2D eigenvalue weighted by atomic mass is 10.1. The van der Waals surface area contributed by atoms with Crippen LogP contribution in [0.3, 0.4) is 0 Å². The monoisotopic (exact) mass is 342 g/mol. The zero-order valence-electron chi connectivity index (χ0n) is 14.6. The largest absolute Gasteiger partial charge is 0.477 e. The molecule has 0 aliphatic carbocycles. The molecule has 0 saturated carbocycles. The Hall–Kier alpha value is -2.89. The summed E-state index contributed by atoms with van der Waals surface area (Å²) in [7, 11) is 0. The highest BCUT2D eigenvalue weighted by atomic mass is 16.5. The van der Waals surface area contributed by atoms with Crippen molar-refractivity contribution in [3.8, 4) is 5.88 Å². The first kappa shape index (κ1) is 18.4. The van der Waals surface area contributed by atoms with Crippen molar-refractivity contribution in [2.24, 2.45) is 0 Å². The lowest BCUT2D eigenvalue weighted by molar-refractivity contribution is -0.123. The van der Waals surface area contributed by atoms with E-state index in [4.69, 9.17) is 9.47 Å².